The molecule has 2 unspecified atom stereocenters. The SMILES string of the molecule is CC(C)C(NC(N)=O)C(=O)NNC(=O)c1cc2c(s1)CCC(C(C)(C)C)C2. The Balaban J connectivity index is 1.98. The molecule has 150 valence electrons. The van der Waals surface area contributed by atoms with Gasteiger partial charge in [-0.2, -0.15) is 0 Å². The number of thiophene rings is 1. The first kappa shape index (κ1) is 21.2. The number of carbonyl (C=O) groups is 3. The van der Waals surface area contributed by atoms with Crippen LogP contribution in [0.5, 0.6) is 0 Å². The summed E-state index contributed by atoms with van der Waals surface area (Å²) in [7, 11) is 0. The van der Waals surface area contributed by atoms with E-state index in [0.29, 0.717) is 10.8 Å². The highest BCUT2D eigenvalue weighted by molar-refractivity contribution is 7.14. The van der Waals surface area contributed by atoms with Crippen molar-refractivity contribution in [2.24, 2.45) is 23.0 Å². The molecule has 0 aliphatic heterocycles. The second kappa shape index (κ2) is 8.29. The maximum Gasteiger partial charge on any atom is 0.312 e. The molecule has 8 heteroatoms. The summed E-state index contributed by atoms with van der Waals surface area (Å²) in [6, 6.07) is 0.336. The second-order valence-electron chi connectivity index (χ2n) is 8.54. The van der Waals surface area contributed by atoms with Gasteiger partial charge in [0.1, 0.15) is 6.04 Å². The van der Waals surface area contributed by atoms with E-state index in [1.165, 1.54) is 21.8 Å². The minimum absolute atomic E-state index is 0.169. The number of primary amides is 1. The molecule has 0 spiro atoms. The van der Waals surface area contributed by atoms with Crippen LogP contribution in [-0.4, -0.2) is 23.9 Å². The van der Waals surface area contributed by atoms with E-state index < -0.39 is 18.0 Å². The standard InChI is InChI=1S/C19H30N4O3S/c1-10(2)15(21-18(20)26)17(25)23-22-16(24)14-9-11-8-12(19(3,4)5)6-7-13(11)27-14/h9-10,12,15H,6-8H2,1-5H3,(H,22,24)(H,23,25)(H3,20,21,26). The van der Waals surface area contributed by atoms with Crippen molar-refractivity contribution in [1.29, 1.82) is 0 Å². The minimum atomic E-state index is -0.813. The molecule has 1 aromatic rings. The summed E-state index contributed by atoms with van der Waals surface area (Å²) in [5.74, 6) is -0.428. The summed E-state index contributed by atoms with van der Waals surface area (Å²) in [6.45, 7) is 10.3. The van der Waals surface area contributed by atoms with E-state index in [4.69, 9.17) is 5.73 Å². The van der Waals surface area contributed by atoms with Crippen molar-refractivity contribution in [2.75, 3.05) is 0 Å². The van der Waals surface area contributed by atoms with Gasteiger partial charge >= 0.3 is 6.03 Å². The number of aryl methyl sites for hydroxylation is 1. The van der Waals surface area contributed by atoms with Crippen LogP contribution < -0.4 is 21.9 Å². The van der Waals surface area contributed by atoms with E-state index in [0.717, 1.165) is 19.3 Å². The molecule has 2 atom stereocenters. The molecular weight excluding hydrogens is 364 g/mol. The van der Waals surface area contributed by atoms with Crippen molar-refractivity contribution < 1.29 is 14.4 Å². The topological polar surface area (TPSA) is 113 Å². The third-order valence-corrected chi connectivity index (χ3v) is 6.31. The molecule has 7 nitrogen and oxygen atoms in total. The molecule has 0 radical (unpaired) electrons. The molecule has 0 saturated heterocycles. The molecule has 2 rings (SSSR count). The lowest BCUT2D eigenvalue weighted by Gasteiger charge is -2.33. The van der Waals surface area contributed by atoms with Crippen LogP contribution in [-0.2, 0) is 17.6 Å². The van der Waals surface area contributed by atoms with Gasteiger partial charge in [-0.15, -0.1) is 11.3 Å². The maximum atomic E-state index is 12.4. The van der Waals surface area contributed by atoms with Gasteiger partial charge in [0.15, 0.2) is 0 Å². The van der Waals surface area contributed by atoms with Gasteiger partial charge < -0.3 is 11.1 Å². The Morgan fingerprint density at radius 3 is 2.44 bits per heavy atom. The fraction of sp³-hybridized carbons (Fsp3) is 0.632. The monoisotopic (exact) mass is 394 g/mol. The van der Waals surface area contributed by atoms with Gasteiger partial charge in [0.25, 0.3) is 11.8 Å². The summed E-state index contributed by atoms with van der Waals surface area (Å²) in [4.78, 5) is 37.5. The first-order valence-electron chi connectivity index (χ1n) is 9.26. The van der Waals surface area contributed by atoms with Gasteiger partial charge in [0.05, 0.1) is 4.88 Å². The highest BCUT2D eigenvalue weighted by Gasteiger charge is 2.30. The van der Waals surface area contributed by atoms with Crippen molar-refractivity contribution >= 4 is 29.2 Å². The Morgan fingerprint density at radius 2 is 1.89 bits per heavy atom. The number of rotatable bonds is 4. The normalized spacial score (nSPS) is 17.8. The van der Waals surface area contributed by atoms with Gasteiger partial charge in [-0.25, -0.2) is 4.79 Å². The number of urea groups is 1. The van der Waals surface area contributed by atoms with Crippen molar-refractivity contribution in [3.8, 4) is 0 Å². The van der Waals surface area contributed by atoms with Crippen LogP contribution in [0.4, 0.5) is 4.79 Å². The number of hydrazine groups is 1. The van der Waals surface area contributed by atoms with Gasteiger partial charge in [-0.1, -0.05) is 34.6 Å². The molecule has 0 saturated carbocycles. The molecule has 4 amide bonds. The highest BCUT2D eigenvalue weighted by Crippen LogP contribution is 2.40. The number of hydrogen-bond acceptors (Lipinski definition) is 4. The molecule has 0 aromatic carbocycles. The summed E-state index contributed by atoms with van der Waals surface area (Å²) in [5.41, 5.74) is 11.4. The lowest BCUT2D eigenvalue weighted by atomic mass is 9.72. The maximum absolute atomic E-state index is 12.4. The van der Waals surface area contributed by atoms with Gasteiger partial charge in [-0.3, -0.25) is 20.4 Å². The Morgan fingerprint density at radius 1 is 1.22 bits per heavy atom. The molecule has 0 fully saturated rings. The molecule has 27 heavy (non-hydrogen) atoms. The van der Waals surface area contributed by atoms with Gasteiger partial charge in [0.2, 0.25) is 0 Å². The van der Waals surface area contributed by atoms with Crippen LogP contribution in [0.25, 0.3) is 0 Å². The van der Waals surface area contributed by atoms with Crippen LogP contribution >= 0.6 is 11.3 Å². The Kier molecular flexibility index (Phi) is 6.51. The summed E-state index contributed by atoms with van der Waals surface area (Å²) < 4.78 is 0. The lowest BCUT2D eigenvalue weighted by Crippen LogP contribution is -2.55. The van der Waals surface area contributed by atoms with Gasteiger partial charge in [0, 0.05) is 4.88 Å². The zero-order valence-electron chi connectivity index (χ0n) is 16.6. The number of carbonyl (C=O) groups excluding carboxylic acids is 3. The Labute approximate surface area is 164 Å². The molecule has 1 aromatic heterocycles. The number of amides is 4. The van der Waals surface area contributed by atoms with Crippen molar-refractivity contribution in [2.45, 2.75) is 59.9 Å². The highest BCUT2D eigenvalue weighted by atomic mass is 32.1. The zero-order chi connectivity index (χ0) is 20.4. The number of fused-ring (bicyclic) bond motifs is 1. The predicted octanol–water partition coefficient (Wildman–Crippen LogP) is 2.35. The molecule has 1 aliphatic rings. The van der Waals surface area contributed by atoms with Crippen LogP contribution in [0.3, 0.4) is 0 Å². The van der Waals surface area contributed by atoms with E-state index in [1.807, 2.05) is 6.07 Å². The molecule has 0 bridgehead atoms. The van der Waals surface area contributed by atoms with Crippen molar-refractivity contribution in [3.05, 3.63) is 21.4 Å². The average molecular weight is 395 g/mol. The van der Waals surface area contributed by atoms with Crippen LogP contribution in [0.1, 0.15) is 61.2 Å². The summed E-state index contributed by atoms with van der Waals surface area (Å²) in [6.07, 6.45) is 3.09. The smallest absolute Gasteiger partial charge is 0.312 e. The summed E-state index contributed by atoms with van der Waals surface area (Å²) in [5, 5.41) is 2.38. The molecule has 1 heterocycles. The lowest BCUT2D eigenvalue weighted by molar-refractivity contribution is -0.124. The minimum Gasteiger partial charge on any atom is -0.352 e. The summed E-state index contributed by atoms with van der Waals surface area (Å²) >= 11 is 1.48. The number of hydrogen-bond donors (Lipinski definition) is 4. The van der Waals surface area contributed by atoms with E-state index >= 15 is 0 Å². The molecule has 1 aliphatic carbocycles. The quantitative estimate of drug-likeness (QED) is 0.588. The van der Waals surface area contributed by atoms with Gasteiger partial charge in [-0.05, 0) is 48.1 Å². The average Bonchev–Trinajstić information content (AvgIpc) is 2.99. The van der Waals surface area contributed by atoms with Crippen LogP contribution in [0.15, 0.2) is 6.07 Å². The Hall–Kier alpha value is -2.09. The van der Waals surface area contributed by atoms with Crippen LogP contribution in [0, 0.1) is 17.3 Å². The predicted molar refractivity (Wildman–Crippen MR) is 106 cm³/mol. The fourth-order valence-corrected chi connectivity index (χ4v) is 4.42. The third-order valence-electron chi connectivity index (χ3n) is 5.08. The van der Waals surface area contributed by atoms with E-state index in [9.17, 15) is 14.4 Å². The fourth-order valence-electron chi connectivity index (χ4n) is 3.32. The van der Waals surface area contributed by atoms with Crippen LogP contribution in [0.2, 0.25) is 0 Å². The first-order chi connectivity index (χ1) is 12.5. The largest absolute Gasteiger partial charge is 0.352 e. The van der Waals surface area contributed by atoms with Crippen molar-refractivity contribution in [1.82, 2.24) is 16.2 Å². The zero-order valence-corrected chi connectivity index (χ0v) is 17.5. The van der Waals surface area contributed by atoms with E-state index in [2.05, 4.69) is 36.9 Å². The Bertz CT molecular complexity index is 721. The number of nitrogens with two attached hydrogens (primary N) is 1. The molecular formula is C19H30N4O3S. The third kappa shape index (κ3) is 5.45. The van der Waals surface area contributed by atoms with Crippen molar-refractivity contribution in [3.63, 3.8) is 0 Å². The van der Waals surface area contributed by atoms with E-state index in [1.54, 1.807) is 13.8 Å². The second-order valence-corrected chi connectivity index (χ2v) is 9.68. The first-order valence-corrected chi connectivity index (χ1v) is 10.1. The molecule has 5 N–H and O–H groups in total. The number of nitrogens with one attached hydrogen (secondary N) is 3. The van der Waals surface area contributed by atoms with E-state index in [-0.39, 0.29) is 17.2 Å².